The molecule has 29 heavy (non-hydrogen) atoms. The van der Waals surface area contributed by atoms with Crippen molar-refractivity contribution in [3.63, 3.8) is 0 Å². The van der Waals surface area contributed by atoms with Crippen LogP contribution in [0.25, 0.3) is 33.8 Å². The minimum Gasteiger partial charge on any atom is -0.434 e. The van der Waals surface area contributed by atoms with E-state index >= 15 is 0 Å². The molecular formula is C23H19N5O. The van der Waals surface area contributed by atoms with Gasteiger partial charge in [-0.15, -0.1) is 0 Å². The highest BCUT2D eigenvalue weighted by Gasteiger charge is 2.11. The number of nitrogens with zero attached hydrogens (tertiary/aromatic N) is 3. The minimum atomic E-state index is 0.569. The topological polar surface area (TPSA) is 79.6 Å². The zero-order valence-electron chi connectivity index (χ0n) is 16.1. The van der Waals surface area contributed by atoms with Crippen LogP contribution >= 0.6 is 0 Å². The summed E-state index contributed by atoms with van der Waals surface area (Å²) in [5.74, 6) is 2.65. The quantitative estimate of drug-likeness (QED) is 0.421. The first-order valence-electron chi connectivity index (χ1n) is 9.37. The molecule has 0 aliphatic rings. The molecule has 0 radical (unpaired) electrons. The third-order valence-corrected chi connectivity index (χ3v) is 4.66. The summed E-state index contributed by atoms with van der Waals surface area (Å²) in [6, 6.07) is 17.9. The average Bonchev–Trinajstić information content (AvgIpc) is 3.36. The van der Waals surface area contributed by atoms with Crippen molar-refractivity contribution in [2.45, 2.75) is 13.8 Å². The number of rotatable bonds is 4. The van der Waals surface area contributed by atoms with E-state index in [1.54, 1.807) is 6.20 Å². The predicted molar refractivity (Wildman–Crippen MR) is 114 cm³/mol. The number of nitrogens with one attached hydrogen (secondary N) is 2. The van der Waals surface area contributed by atoms with Crippen LogP contribution in [0.5, 0.6) is 0 Å². The van der Waals surface area contributed by atoms with Gasteiger partial charge >= 0.3 is 0 Å². The molecule has 142 valence electrons. The Morgan fingerprint density at radius 2 is 1.86 bits per heavy atom. The first kappa shape index (κ1) is 17.2. The number of oxazole rings is 1. The Morgan fingerprint density at radius 1 is 0.931 bits per heavy atom. The third kappa shape index (κ3) is 3.48. The van der Waals surface area contributed by atoms with Crippen molar-refractivity contribution >= 4 is 22.5 Å². The number of aryl methyl sites for hydroxylation is 2. The molecule has 2 N–H and O–H groups in total. The van der Waals surface area contributed by atoms with Crippen LogP contribution < -0.4 is 5.32 Å². The molecule has 0 fully saturated rings. The highest BCUT2D eigenvalue weighted by molar-refractivity contribution is 5.83. The Hall–Kier alpha value is -3.93. The van der Waals surface area contributed by atoms with Gasteiger partial charge in [-0.1, -0.05) is 6.07 Å². The molecule has 5 aromatic rings. The van der Waals surface area contributed by atoms with E-state index in [9.17, 15) is 0 Å². The fourth-order valence-electron chi connectivity index (χ4n) is 3.39. The molecule has 0 spiro atoms. The fraction of sp³-hybridized carbons (Fsp3) is 0.0870. The second-order valence-corrected chi connectivity index (χ2v) is 7.01. The number of anilines is 2. The van der Waals surface area contributed by atoms with E-state index in [4.69, 9.17) is 4.42 Å². The summed E-state index contributed by atoms with van der Waals surface area (Å²) < 4.78 is 6.00. The molecule has 0 saturated carbocycles. The van der Waals surface area contributed by atoms with Crippen LogP contribution in [0.1, 0.15) is 11.3 Å². The van der Waals surface area contributed by atoms with Crippen LogP contribution in [0.4, 0.5) is 11.6 Å². The van der Waals surface area contributed by atoms with Crippen LogP contribution in [0.2, 0.25) is 0 Å². The van der Waals surface area contributed by atoms with Gasteiger partial charge in [-0.25, -0.2) is 15.0 Å². The highest BCUT2D eigenvalue weighted by Crippen LogP contribution is 2.28. The largest absolute Gasteiger partial charge is 0.434 e. The summed E-state index contributed by atoms with van der Waals surface area (Å²) in [7, 11) is 0. The van der Waals surface area contributed by atoms with Gasteiger partial charge in [0.15, 0.2) is 5.76 Å². The predicted octanol–water partition coefficient (Wildman–Crippen LogP) is 5.64. The number of hydrogen-bond donors (Lipinski definition) is 2. The lowest BCUT2D eigenvalue weighted by atomic mass is 10.1. The molecule has 0 bridgehead atoms. The number of pyridine rings is 2. The summed E-state index contributed by atoms with van der Waals surface area (Å²) in [6.45, 7) is 4.02. The number of hydrogen-bond acceptors (Lipinski definition) is 5. The van der Waals surface area contributed by atoms with Gasteiger partial charge in [-0.05, 0) is 67.9 Å². The Kier molecular flexibility index (Phi) is 4.09. The van der Waals surface area contributed by atoms with E-state index in [2.05, 4.69) is 31.3 Å². The third-order valence-electron chi connectivity index (χ3n) is 4.66. The zero-order chi connectivity index (χ0) is 19.8. The van der Waals surface area contributed by atoms with Crippen molar-refractivity contribution in [2.24, 2.45) is 0 Å². The van der Waals surface area contributed by atoms with E-state index in [0.29, 0.717) is 23.2 Å². The number of benzene rings is 1. The van der Waals surface area contributed by atoms with Crippen LogP contribution in [-0.2, 0) is 0 Å². The molecule has 0 atom stereocenters. The molecule has 6 heteroatoms. The minimum absolute atomic E-state index is 0.569. The van der Waals surface area contributed by atoms with Gasteiger partial charge in [0, 0.05) is 28.4 Å². The molecule has 0 unspecified atom stereocenters. The molecule has 0 aliphatic heterocycles. The SMILES string of the molecule is Cc1cc(C)nc(Nc2cccc(-c3cnc(-c4ccc5[nH]ccc5c4)o3)n2)c1. The first-order chi connectivity index (χ1) is 14.1. The second kappa shape index (κ2) is 6.91. The Balaban J connectivity index is 1.43. The van der Waals surface area contributed by atoms with Crippen LogP contribution in [0.15, 0.2) is 71.4 Å². The van der Waals surface area contributed by atoms with Crippen molar-refractivity contribution in [2.75, 3.05) is 5.32 Å². The van der Waals surface area contributed by atoms with Gasteiger partial charge in [-0.2, -0.15) is 0 Å². The molecule has 0 saturated heterocycles. The van der Waals surface area contributed by atoms with Gasteiger partial charge < -0.3 is 14.7 Å². The van der Waals surface area contributed by atoms with E-state index in [0.717, 1.165) is 33.5 Å². The normalized spacial score (nSPS) is 11.1. The lowest BCUT2D eigenvalue weighted by Crippen LogP contribution is -1.98. The maximum absolute atomic E-state index is 6.00. The molecular weight excluding hydrogens is 362 g/mol. The molecule has 1 aromatic carbocycles. The maximum Gasteiger partial charge on any atom is 0.226 e. The van der Waals surface area contributed by atoms with Crippen molar-refractivity contribution in [3.05, 3.63) is 78.2 Å². The van der Waals surface area contributed by atoms with Gasteiger partial charge in [0.2, 0.25) is 5.89 Å². The highest BCUT2D eigenvalue weighted by atomic mass is 16.4. The number of aromatic amines is 1. The lowest BCUT2D eigenvalue weighted by Gasteiger charge is -2.07. The van der Waals surface area contributed by atoms with Crippen molar-refractivity contribution in [1.29, 1.82) is 0 Å². The van der Waals surface area contributed by atoms with Gasteiger partial charge in [0.25, 0.3) is 0 Å². The Labute approximate surface area is 167 Å². The molecule has 6 nitrogen and oxygen atoms in total. The van der Waals surface area contributed by atoms with Crippen molar-refractivity contribution < 1.29 is 4.42 Å². The van der Waals surface area contributed by atoms with Crippen molar-refractivity contribution in [1.82, 2.24) is 19.9 Å². The fourth-order valence-corrected chi connectivity index (χ4v) is 3.39. The Bertz CT molecular complexity index is 1300. The second-order valence-electron chi connectivity index (χ2n) is 7.01. The van der Waals surface area contributed by atoms with E-state index < -0.39 is 0 Å². The van der Waals surface area contributed by atoms with E-state index in [1.807, 2.05) is 68.6 Å². The summed E-state index contributed by atoms with van der Waals surface area (Å²) in [5.41, 5.74) is 4.83. The summed E-state index contributed by atoms with van der Waals surface area (Å²) in [6.07, 6.45) is 3.63. The smallest absolute Gasteiger partial charge is 0.226 e. The standard InChI is InChI=1S/C23H19N5O/c1-14-10-15(2)26-22(11-14)28-21-5-3-4-19(27-21)20-13-25-23(29-20)17-6-7-18-16(12-17)8-9-24-18/h3-13,24H,1-2H3,(H,26,27,28). The number of aromatic nitrogens is 4. The first-order valence-corrected chi connectivity index (χ1v) is 9.37. The Morgan fingerprint density at radius 3 is 2.76 bits per heavy atom. The molecule has 4 aromatic heterocycles. The number of H-pyrrole nitrogens is 1. The lowest BCUT2D eigenvalue weighted by molar-refractivity contribution is 0.587. The monoisotopic (exact) mass is 381 g/mol. The average molecular weight is 381 g/mol. The number of fused-ring (bicyclic) bond motifs is 1. The van der Waals surface area contributed by atoms with Gasteiger partial charge in [0.05, 0.1) is 6.20 Å². The summed E-state index contributed by atoms with van der Waals surface area (Å²) >= 11 is 0. The maximum atomic E-state index is 6.00. The summed E-state index contributed by atoms with van der Waals surface area (Å²) in [4.78, 5) is 16.8. The molecule has 0 amide bonds. The van der Waals surface area contributed by atoms with Gasteiger partial charge in [-0.3, -0.25) is 0 Å². The summed E-state index contributed by atoms with van der Waals surface area (Å²) in [5, 5.41) is 4.38. The van der Waals surface area contributed by atoms with Crippen LogP contribution in [-0.4, -0.2) is 19.9 Å². The van der Waals surface area contributed by atoms with Crippen LogP contribution in [0.3, 0.4) is 0 Å². The van der Waals surface area contributed by atoms with E-state index in [-0.39, 0.29) is 0 Å². The van der Waals surface area contributed by atoms with Crippen LogP contribution in [0, 0.1) is 13.8 Å². The van der Waals surface area contributed by atoms with Crippen molar-refractivity contribution in [3.8, 4) is 22.9 Å². The molecule has 5 rings (SSSR count). The van der Waals surface area contributed by atoms with E-state index in [1.165, 1.54) is 0 Å². The molecule has 0 aliphatic carbocycles. The molecule has 4 heterocycles. The van der Waals surface area contributed by atoms with Gasteiger partial charge in [0.1, 0.15) is 17.3 Å². The zero-order valence-corrected chi connectivity index (χ0v) is 16.1.